The normalized spacial score (nSPS) is 11.8. The predicted octanol–water partition coefficient (Wildman–Crippen LogP) is 2.35. The van der Waals surface area contributed by atoms with Gasteiger partial charge in [-0.1, -0.05) is 19.4 Å². The lowest BCUT2D eigenvalue weighted by Crippen LogP contribution is -2.37. The molecule has 0 amide bonds. The van der Waals surface area contributed by atoms with Crippen molar-refractivity contribution in [2.75, 3.05) is 27.7 Å². The monoisotopic (exact) mass is 294 g/mol. The average molecular weight is 294 g/mol. The van der Waals surface area contributed by atoms with Crippen LogP contribution in [0.15, 0.2) is 23.2 Å². The number of nitrogens with one attached hydrogen (secondary N) is 2. The fraction of sp³-hybridized carbons (Fsp3) is 0.562. The van der Waals surface area contributed by atoms with E-state index in [1.165, 1.54) is 6.07 Å². The zero-order valence-electron chi connectivity index (χ0n) is 13.5. The average Bonchev–Trinajstić information content (AvgIpc) is 2.45. The Kier molecular flexibility index (Phi) is 7.75. The van der Waals surface area contributed by atoms with Crippen LogP contribution in [0.25, 0.3) is 0 Å². The maximum atomic E-state index is 13.7. The number of hydrogen-bond donors (Lipinski definition) is 2. The van der Waals surface area contributed by atoms with Gasteiger partial charge in [-0.15, -0.1) is 0 Å². The fourth-order valence-corrected chi connectivity index (χ4v) is 1.99. The summed E-state index contributed by atoms with van der Waals surface area (Å²) < 4.78 is 13.7. The molecule has 0 bridgehead atoms. The predicted molar refractivity (Wildman–Crippen MR) is 86.9 cm³/mol. The molecule has 0 aliphatic heterocycles. The summed E-state index contributed by atoms with van der Waals surface area (Å²) in [6.45, 7) is 4.30. The molecule has 0 atom stereocenters. The third kappa shape index (κ3) is 6.58. The molecule has 0 radical (unpaired) electrons. The van der Waals surface area contributed by atoms with E-state index in [0.29, 0.717) is 18.7 Å². The van der Waals surface area contributed by atoms with Gasteiger partial charge in [-0.25, -0.2) is 4.39 Å². The highest BCUT2D eigenvalue weighted by Gasteiger charge is 2.05. The summed E-state index contributed by atoms with van der Waals surface area (Å²) in [7, 11) is 5.62. The van der Waals surface area contributed by atoms with E-state index in [1.54, 1.807) is 13.1 Å². The van der Waals surface area contributed by atoms with Crippen LogP contribution in [-0.4, -0.2) is 38.5 Å². The smallest absolute Gasteiger partial charge is 0.191 e. The molecule has 0 saturated carbocycles. The van der Waals surface area contributed by atoms with Gasteiger partial charge >= 0.3 is 0 Å². The third-order valence-corrected chi connectivity index (χ3v) is 3.10. The van der Waals surface area contributed by atoms with Crippen molar-refractivity contribution >= 4 is 5.96 Å². The molecule has 0 aromatic heterocycles. The topological polar surface area (TPSA) is 39.7 Å². The molecule has 1 aromatic rings. The Morgan fingerprint density at radius 1 is 1.29 bits per heavy atom. The number of halogens is 1. The summed E-state index contributed by atoms with van der Waals surface area (Å²) in [5.74, 6) is 0.625. The minimum absolute atomic E-state index is 0.155. The Morgan fingerprint density at radius 2 is 2.05 bits per heavy atom. The number of benzene rings is 1. The minimum Gasteiger partial charge on any atom is -0.356 e. The van der Waals surface area contributed by atoms with Crippen molar-refractivity contribution in [2.24, 2.45) is 4.99 Å². The number of hydrogen-bond acceptors (Lipinski definition) is 2. The second kappa shape index (κ2) is 9.34. The van der Waals surface area contributed by atoms with E-state index in [4.69, 9.17) is 0 Å². The van der Waals surface area contributed by atoms with Crippen LogP contribution < -0.4 is 10.6 Å². The van der Waals surface area contributed by atoms with Crippen molar-refractivity contribution in [3.05, 3.63) is 35.1 Å². The van der Waals surface area contributed by atoms with E-state index in [1.807, 2.05) is 25.1 Å². The van der Waals surface area contributed by atoms with Crippen molar-refractivity contribution < 1.29 is 4.39 Å². The molecule has 118 valence electrons. The van der Waals surface area contributed by atoms with E-state index in [0.717, 1.165) is 30.9 Å². The number of guanidine groups is 1. The van der Waals surface area contributed by atoms with E-state index < -0.39 is 0 Å². The molecule has 1 aromatic carbocycles. The zero-order chi connectivity index (χ0) is 15.7. The van der Waals surface area contributed by atoms with Gasteiger partial charge in [-0.05, 0) is 38.2 Å². The van der Waals surface area contributed by atoms with Crippen LogP contribution in [0.2, 0.25) is 0 Å². The molecule has 0 unspecified atom stereocenters. The third-order valence-electron chi connectivity index (χ3n) is 3.10. The summed E-state index contributed by atoms with van der Waals surface area (Å²) in [4.78, 5) is 6.13. The first-order valence-corrected chi connectivity index (χ1v) is 7.43. The van der Waals surface area contributed by atoms with Gasteiger partial charge in [-0.2, -0.15) is 0 Å². The standard InChI is InChI=1S/C16H27FN4/c1-5-6-9-19-16(18-2)20-11-13-7-8-15(17)14(10-13)12-21(3)4/h7-8,10H,5-6,9,11-12H2,1-4H3,(H2,18,19,20). The lowest BCUT2D eigenvalue weighted by Gasteiger charge is -2.14. The first-order chi connectivity index (χ1) is 10.1. The molecule has 0 aliphatic carbocycles. The molecular formula is C16H27FN4. The zero-order valence-corrected chi connectivity index (χ0v) is 13.5. The second-order valence-electron chi connectivity index (χ2n) is 5.37. The van der Waals surface area contributed by atoms with E-state index in [2.05, 4.69) is 22.5 Å². The first kappa shape index (κ1) is 17.4. The van der Waals surface area contributed by atoms with E-state index in [-0.39, 0.29) is 5.82 Å². The van der Waals surface area contributed by atoms with Crippen LogP contribution in [0.4, 0.5) is 4.39 Å². The Hall–Kier alpha value is -1.62. The van der Waals surface area contributed by atoms with Gasteiger partial charge in [-0.3, -0.25) is 4.99 Å². The van der Waals surface area contributed by atoms with Crippen molar-refractivity contribution in [1.29, 1.82) is 0 Å². The van der Waals surface area contributed by atoms with Crippen LogP contribution in [0, 0.1) is 5.82 Å². The van der Waals surface area contributed by atoms with Gasteiger partial charge in [0.15, 0.2) is 5.96 Å². The van der Waals surface area contributed by atoms with Crippen LogP contribution in [0.1, 0.15) is 30.9 Å². The van der Waals surface area contributed by atoms with Crippen LogP contribution in [0.3, 0.4) is 0 Å². The molecular weight excluding hydrogens is 267 g/mol. The summed E-state index contributed by atoms with van der Waals surface area (Å²) in [6, 6.07) is 5.24. The first-order valence-electron chi connectivity index (χ1n) is 7.43. The van der Waals surface area contributed by atoms with Crippen molar-refractivity contribution in [3.8, 4) is 0 Å². The molecule has 21 heavy (non-hydrogen) atoms. The quantitative estimate of drug-likeness (QED) is 0.461. The Balaban J connectivity index is 2.58. The number of aliphatic imine (C=N–C) groups is 1. The van der Waals surface area contributed by atoms with Crippen molar-refractivity contribution in [2.45, 2.75) is 32.9 Å². The summed E-state index contributed by atoms with van der Waals surface area (Å²) in [5.41, 5.74) is 1.76. The van der Waals surface area contributed by atoms with Crippen LogP contribution >= 0.6 is 0 Å². The molecule has 0 heterocycles. The highest BCUT2D eigenvalue weighted by atomic mass is 19.1. The van der Waals surface area contributed by atoms with Gasteiger partial charge in [0.05, 0.1) is 0 Å². The molecule has 1 rings (SSSR count). The highest BCUT2D eigenvalue weighted by molar-refractivity contribution is 5.79. The minimum atomic E-state index is -0.155. The SMILES string of the molecule is CCCCNC(=NC)NCc1ccc(F)c(CN(C)C)c1. The molecule has 0 fully saturated rings. The lowest BCUT2D eigenvalue weighted by molar-refractivity contribution is 0.392. The van der Waals surface area contributed by atoms with Crippen molar-refractivity contribution in [1.82, 2.24) is 15.5 Å². The molecule has 0 saturated heterocycles. The molecule has 4 nitrogen and oxygen atoms in total. The van der Waals surface area contributed by atoms with E-state index >= 15 is 0 Å². The van der Waals surface area contributed by atoms with E-state index in [9.17, 15) is 4.39 Å². The maximum Gasteiger partial charge on any atom is 0.191 e. The summed E-state index contributed by atoms with van der Waals surface area (Å²) in [5, 5.41) is 6.50. The molecule has 2 N–H and O–H groups in total. The van der Waals surface area contributed by atoms with Gasteiger partial charge in [0.1, 0.15) is 5.82 Å². The second-order valence-corrected chi connectivity index (χ2v) is 5.37. The Bertz CT molecular complexity index is 458. The summed E-state index contributed by atoms with van der Waals surface area (Å²) >= 11 is 0. The molecule has 0 aliphatic rings. The van der Waals surface area contributed by atoms with Gasteiger partial charge in [0.25, 0.3) is 0 Å². The molecule has 5 heteroatoms. The Morgan fingerprint density at radius 3 is 2.67 bits per heavy atom. The van der Waals surface area contributed by atoms with Crippen molar-refractivity contribution in [3.63, 3.8) is 0 Å². The largest absolute Gasteiger partial charge is 0.356 e. The molecule has 0 spiro atoms. The van der Waals surface area contributed by atoms with Gasteiger partial charge < -0.3 is 15.5 Å². The summed E-state index contributed by atoms with van der Waals surface area (Å²) in [6.07, 6.45) is 2.26. The Labute approximate surface area is 127 Å². The van der Waals surface area contributed by atoms with Crippen LogP contribution in [0.5, 0.6) is 0 Å². The fourth-order valence-electron chi connectivity index (χ4n) is 1.99. The number of unbranched alkanes of at least 4 members (excludes halogenated alkanes) is 1. The highest BCUT2D eigenvalue weighted by Crippen LogP contribution is 2.12. The lowest BCUT2D eigenvalue weighted by atomic mass is 10.1. The van der Waals surface area contributed by atoms with Gasteiger partial charge in [0.2, 0.25) is 0 Å². The number of nitrogens with zero attached hydrogens (tertiary/aromatic N) is 2. The number of rotatable bonds is 7. The maximum absolute atomic E-state index is 13.7. The van der Waals surface area contributed by atoms with Crippen LogP contribution in [-0.2, 0) is 13.1 Å². The van der Waals surface area contributed by atoms with Gasteiger partial charge in [0, 0.05) is 32.2 Å².